The summed E-state index contributed by atoms with van der Waals surface area (Å²) in [6.45, 7) is 5.22. The summed E-state index contributed by atoms with van der Waals surface area (Å²) in [5, 5.41) is 20.9. The highest BCUT2D eigenvalue weighted by molar-refractivity contribution is 5.99. The monoisotopic (exact) mass is 522 g/mol. The normalized spacial score (nSPS) is 19.7. The molecule has 2 aromatic heterocycles. The van der Waals surface area contributed by atoms with Crippen LogP contribution in [0.1, 0.15) is 41.4 Å². The molecule has 3 aliphatic rings. The first-order chi connectivity index (χ1) is 19.0. The third-order valence-corrected chi connectivity index (χ3v) is 7.63. The largest absolute Gasteiger partial charge is 0.384 e. The fourth-order valence-corrected chi connectivity index (χ4v) is 5.59. The van der Waals surface area contributed by atoms with Gasteiger partial charge < -0.3 is 20.3 Å². The van der Waals surface area contributed by atoms with Gasteiger partial charge in [-0.25, -0.2) is 9.97 Å². The second-order valence-corrected chi connectivity index (χ2v) is 10.4. The number of aromatic nitrogens is 4. The van der Waals surface area contributed by atoms with Gasteiger partial charge in [0.05, 0.1) is 42.0 Å². The minimum Gasteiger partial charge on any atom is -0.384 e. The third kappa shape index (κ3) is 4.55. The maximum absolute atomic E-state index is 13.4. The van der Waals surface area contributed by atoms with E-state index < -0.39 is 0 Å². The molecule has 0 fully saturated rings. The lowest BCUT2D eigenvalue weighted by molar-refractivity contribution is 0.0714. The molecule has 39 heavy (non-hydrogen) atoms. The highest BCUT2D eigenvalue weighted by atomic mass is 16.5. The van der Waals surface area contributed by atoms with E-state index in [1.165, 1.54) is 5.57 Å². The van der Waals surface area contributed by atoms with Crippen LogP contribution < -0.4 is 10.6 Å². The molecular formula is C29H30N8O2. The number of benzene rings is 1. The van der Waals surface area contributed by atoms with E-state index in [2.05, 4.69) is 58.0 Å². The molecule has 0 saturated carbocycles. The molecule has 0 unspecified atom stereocenters. The maximum atomic E-state index is 13.4. The van der Waals surface area contributed by atoms with Gasteiger partial charge in [0, 0.05) is 43.9 Å². The number of carbonyl (C=O) groups excluding carboxylic acids is 1. The number of ether oxygens (including phenoxy) is 1. The van der Waals surface area contributed by atoms with Crippen LogP contribution in [-0.2, 0) is 16.7 Å². The molecule has 3 aromatic rings. The Morgan fingerprint density at radius 3 is 3.00 bits per heavy atom. The Kier molecular flexibility index (Phi) is 6.37. The molecule has 10 heteroatoms. The van der Waals surface area contributed by atoms with Crippen molar-refractivity contribution in [2.75, 3.05) is 44.0 Å². The van der Waals surface area contributed by atoms with E-state index in [9.17, 15) is 10.1 Å². The van der Waals surface area contributed by atoms with Gasteiger partial charge in [0.25, 0.3) is 5.91 Å². The average Bonchev–Trinajstić information content (AvgIpc) is 3.52. The molecule has 6 rings (SSSR count). The summed E-state index contributed by atoms with van der Waals surface area (Å²) in [5.74, 6) is 0.292. The van der Waals surface area contributed by atoms with Gasteiger partial charge in [-0.3, -0.25) is 9.48 Å². The van der Waals surface area contributed by atoms with Crippen LogP contribution in [0.4, 0.5) is 17.3 Å². The number of amides is 1. The molecule has 0 saturated heterocycles. The van der Waals surface area contributed by atoms with Crippen molar-refractivity contribution < 1.29 is 9.53 Å². The smallest absolute Gasteiger partial charge is 0.274 e. The van der Waals surface area contributed by atoms with Crippen molar-refractivity contribution in [3.63, 3.8) is 0 Å². The quantitative estimate of drug-likeness (QED) is 0.477. The van der Waals surface area contributed by atoms with E-state index >= 15 is 0 Å². The van der Waals surface area contributed by atoms with Crippen LogP contribution in [0.3, 0.4) is 0 Å². The van der Waals surface area contributed by atoms with Crippen LogP contribution in [0, 0.1) is 11.3 Å². The van der Waals surface area contributed by atoms with Crippen molar-refractivity contribution in [3.05, 3.63) is 71.2 Å². The predicted octanol–water partition coefficient (Wildman–Crippen LogP) is 4.02. The number of nitriles is 1. The average molecular weight is 523 g/mol. The zero-order chi connectivity index (χ0) is 27.0. The number of nitrogens with zero attached hydrogens (tertiary/aromatic N) is 6. The summed E-state index contributed by atoms with van der Waals surface area (Å²) in [6.07, 6.45) is 11.6. The van der Waals surface area contributed by atoms with Crippen molar-refractivity contribution in [1.29, 1.82) is 5.26 Å². The Labute approximate surface area is 227 Å². The molecule has 1 aromatic carbocycles. The van der Waals surface area contributed by atoms with Gasteiger partial charge in [0.15, 0.2) is 0 Å². The minimum atomic E-state index is -0.257. The van der Waals surface area contributed by atoms with E-state index in [-0.39, 0.29) is 11.3 Å². The number of allylic oxidation sites excluding steroid dienone is 3. The van der Waals surface area contributed by atoms with Gasteiger partial charge in [-0.15, -0.1) is 0 Å². The molecular weight excluding hydrogens is 492 g/mol. The summed E-state index contributed by atoms with van der Waals surface area (Å²) in [4.78, 5) is 24.5. The van der Waals surface area contributed by atoms with Crippen LogP contribution in [0.5, 0.6) is 0 Å². The number of methoxy groups -OCH3 is 1. The first-order valence-corrected chi connectivity index (χ1v) is 13.1. The Bertz CT molecular complexity index is 1550. The Hall–Kier alpha value is -4.49. The first-order valence-electron chi connectivity index (χ1n) is 13.1. The lowest BCUT2D eigenvalue weighted by atomic mass is 9.83. The van der Waals surface area contributed by atoms with Crippen LogP contribution in [0.15, 0.2) is 54.4 Å². The number of nitrogens with one attached hydrogen (secondary N) is 2. The topological polar surface area (TPSA) is 121 Å². The molecule has 198 valence electrons. The number of hydrogen-bond donors (Lipinski definition) is 2. The lowest BCUT2D eigenvalue weighted by Crippen LogP contribution is -2.41. The zero-order valence-electron chi connectivity index (χ0n) is 22.1. The standard InChI is InChI=1S/C29H30N8O2/c1-29(18-39-2)17-32-25-21(14-30)12-20(13-22(25)29)23-8-9-31-28(34-23)35-24-15-33-37-11-10-36(27(38)26(24)37)16-19-6-4-3-5-7-19/h3-4,6,8-9,12-13,15,32H,5,7,10-11,16-18H2,1-2H3,(H,31,34,35)/t29-/m1/s1. The molecule has 0 spiro atoms. The minimum absolute atomic E-state index is 0.0601. The van der Waals surface area contributed by atoms with Crippen molar-refractivity contribution in [3.8, 4) is 17.3 Å². The lowest BCUT2D eigenvalue weighted by Gasteiger charge is -2.29. The van der Waals surface area contributed by atoms with E-state index in [4.69, 9.17) is 9.72 Å². The maximum Gasteiger partial charge on any atom is 0.274 e. The SMILES string of the molecule is COC[C@@]1(C)CNc2c(C#N)cc(-c3ccnc(Nc4cnn5c4C(=O)N(CC4=CC=CCC4)CC5)n3)cc21. The summed E-state index contributed by atoms with van der Waals surface area (Å²) >= 11 is 0. The fourth-order valence-electron chi connectivity index (χ4n) is 5.59. The molecule has 10 nitrogen and oxygen atoms in total. The number of anilines is 3. The van der Waals surface area contributed by atoms with Crippen molar-refractivity contribution in [1.82, 2.24) is 24.6 Å². The van der Waals surface area contributed by atoms with Crippen molar-refractivity contribution >= 4 is 23.2 Å². The van der Waals surface area contributed by atoms with E-state index in [1.54, 1.807) is 24.2 Å². The molecule has 0 radical (unpaired) electrons. The molecule has 1 aliphatic carbocycles. The Morgan fingerprint density at radius 1 is 1.31 bits per heavy atom. The number of carbonyl (C=O) groups is 1. The second kappa shape index (κ2) is 10.0. The van der Waals surface area contributed by atoms with E-state index in [0.717, 1.165) is 29.7 Å². The molecule has 4 heterocycles. The first kappa shape index (κ1) is 24.8. The highest BCUT2D eigenvalue weighted by Gasteiger charge is 2.36. The van der Waals surface area contributed by atoms with Gasteiger partial charge in [-0.05, 0) is 36.6 Å². The summed E-state index contributed by atoms with van der Waals surface area (Å²) in [6, 6.07) is 8.04. The Balaban J connectivity index is 1.28. The second-order valence-electron chi connectivity index (χ2n) is 10.4. The van der Waals surface area contributed by atoms with Gasteiger partial charge in [-0.1, -0.05) is 30.7 Å². The van der Waals surface area contributed by atoms with Gasteiger partial charge in [0.1, 0.15) is 11.8 Å². The van der Waals surface area contributed by atoms with Crippen molar-refractivity contribution in [2.24, 2.45) is 0 Å². The summed E-state index contributed by atoms with van der Waals surface area (Å²) in [5.41, 5.74) is 6.01. The van der Waals surface area contributed by atoms with E-state index in [0.29, 0.717) is 61.4 Å². The molecule has 2 N–H and O–H groups in total. The molecule has 1 atom stereocenters. The number of rotatable bonds is 7. The summed E-state index contributed by atoms with van der Waals surface area (Å²) in [7, 11) is 1.69. The fraction of sp³-hybridized carbons (Fsp3) is 0.345. The van der Waals surface area contributed by atoms with Gasteiger partial charge >= 0.3 is 0 Å². The van der Waals surface area contributed by atoms with E-state index in [1.807, 2.05) is 17.0 Å². The van der Waals surface area contributed by atoms with Crippen LogP contribution in [0.25, 0.3) is 11.3 Å². The number of fused-ring (bicyclic) bond motifs is 2. The molecule has 0 bridgehead atoms. The molecule has 2 aliphatic heterocycles. The number of hydrogen-bond acceptors (Lipinski definition) is 8. The van der Waals surface area contributed by atoms with Crippen LogP contribution in [0.2, 0.25) is 0 Å². The summed E-state index contributed by atoms with van der Waals surface area (Å²) < 4.78 is 7.22. The van der Waals surface area contributed by atoms with Crippen LogP contribution >= 0.6 is 0 Å². The molecule has 1 amide bonds. The Morgan fingerprint density at radius 2 is 2.21 bits per heavy atom. The highest BCUT2D eigenvalue weighted by Crippen LogP contribution is 2.41. The van der Waals surface area contributed by atoms with Gasteiger partial charge in [-0.2, -0.15) is 10.4 Å². The van der Waals surface area contributed by atoms with Crippen molar-refractivity contribution in [2.45, 2.75) is 31.7 Å². The predicted molar refractivity (Wildman–Crippen MR) is 148 cm³/mol. The zero-order valence-corrected chi connectivity index (χ0v) is 22.1. The van der Waals surface area contributed by atoms with Gasteiger partial charge in [0.2, 0.25) is 5.95 Å². The van der Waals surface area contributed by atoms with Crippen LogP contribution in [-0.4, -0.2) is 63.9 Å². The third-order valence-electron chi connectivity index (χ3n) is 7.63.